The Bertz CT molecular complexity index is 1320. The van der Waals surface area contributed by atoms with Crippen LogP contribution in [0.4, 0.5) is 11.4 Å². The van der Waals surface area contributed by atoms with Crippen molar-refractivity contribution in [3.63, 3.8) is 0 Å². The second-order valence-corrected chi connectivity index (χ2v) is 8.04. The second kappa shape index (κ2) is 9.72. The number of nitrogens with one attached hydrogen (secondary N) is 2. The first-order valence-electron chi connectivity index (χ1n) is 9.96. The quantitative estimate of drug-likeness (QED) is 0.425. The lowest BCUT2D eigenvalue weighted by molar-refractivity contribution is 0.102. The first-order chi connectivity index (χ1) is 16.0. The Labute approximate surface area is 193 Å². The number of carbonyl (C=O) groups is 2. The lowest BCUT2D eigenvalue weighted by Crippen LogP contribution is -2.13. The molecule has 4 rings (SSSR count). The van der Waals surface area contributed by atoms with E-state index in [4.69, 9.17) is 9.47 Å². The number of pyridine rings is 1. The summed E-state index contributed by atoms with van der Waals surface area (Å²) in [5, 5.41) is 6.40. The molecule has 2 amide bonds. The van der Waals surface area contributed by atoms with Crippen molar-refractivity contribution < 1.29 is 19.1 Å². The number of amides is 2. The number of benzene rings is 1. The molecule has 0 spiro atoms. The number of methoxy groups -OCH3 is 2. The zero-order chi connectivity index (χ0) is 23.4. The predicted molar refractivity (Wildman–Crippen MR) is 126 cm³/mol. The molecule has 0 saturated heterocycles. The van der Waals surface area contributed by atoms with Crippen LogP contribution in [0.3, 0.4) is 0 Å². The maximum absolute atomic E-state index is 13.1. The number of rotatable bonds is 7. The van der Waals surface area contributed by atoms with Crippen LogP contribution in [0.25, 0.3) is 10.2 Å². The minimum absolute atomic E-state index is 0.239. The summed E-state index contributed by atoms with van der Waals surface area (Å²) in [6, 6.07) is 10.2. The van der Waals surface area contributed by atoms with Crippen molar-refractivity contribution in [1.29, 1.82) is 0 Å². The monoisotopic (exact) mass is 463 g/mol. The highest BCUT2D eigenvalue weighted by Crippen LogP contribution is 2.35. The fraction of sp³-hybridized carbons (Fsp3) is 0.174. The third kappa shape index (κ3) is 4.81. The topological polar surface area (TPSA) is 115 Å². The normalized spacial score (nSPS) is 10.8. The molecule has 33 heavy (non-hydrogen) atoms. The van der Waals surface area contributed by atoms with Crippen LogP contribution in [0.1, 0.15) is 31.4 Å². The van der Waals surface area contributed by atoms with E-state index in [0.717, 1.165) is 5.56 Å². The van der Waals surface area contributed by atoms with Gasteiger partial charge in [-0.1, -0.05) is 6.07 Å². The number of thiophene rings is 1. The standard InChI is InChI=1S/C23H21N5O4S/c1-13-18-22(32-3)27-17(12-31-2)28-23(18)33-19(13)21(30)26-16-6-4-5-15(11-16)25-20(29)14-7-9-24-10-8-14/h4-11H,12H2,1-3H3,(H,25,29)(H,26,30). The van der Waals surface area contributed by atoms with Crippen molar-refractivity contribution in [2.24, 2.45) is 0 Å². The average molecular weight is 464 g/mol. The smallest absolute Gasteiger partial charge is 0.266 e. The van der Waals surface area contributed by atoms with Crippen LogP contribution in [-0.4, -0.2) is 41.0 Å². The Morgan fingerprint density at radius 2 is 1.70 bits per heavy atom. The molecule has 0 aliphatic carbocycles. The molecule has 0 saturated carbocycles. The second-order valence-electron chi connectivity index (χ2n) is 7.04. The van der Waals surface area contributed by atoms with Gasteiger partial charge in [0.05, 0.1) is 17.4 Å². The SMILES string of the molecule is COCc1nc(OC)c2c(C)c(C(=O)Nc3cccc(NC(=O)c4ccncc4)c3)sc2n1. The summed E-state index contributed by atoms with van der Waals surface area (Å²) >= 11 is 1.26. The predicted octanol–water partition coefficient (Wildman–Crippen LogP) is 4.05. The van der Waals surface area contributed by atoms with Gasteiger partial charge in [-0.15, -0.1) is 11.3 Å². The number of hydrogen-bond donors (Lipinski definition) is 2. The molecule has 168 valence electrons. The summed E-state index contributed by atoms with van der Waals surface area (Å²) in [6.07, 6.45) is 3.10. The molecule has 0 radical (unpaired) electrons. The number of carbonyl (C=O) groups excluding carboxylic acids is 2. The molecule has 3 aromatic heterocycles. The first kappa shape index (κ1) is 22.3. The van der Waals surface area contributed by atoms with Gasteiger partial charge in [0, 0.05) is 36.4 Å². The summed E-state index contributed by atoms with van der Waals surface area (Å²) in [7, 11) is 3.09. The van der Waals surface area contributed by atoms with E-state index in [1.54, 1.807) is 55.9 Å². The molecule has 1 aromatic carbocycles. The van der Waals surface area contributed by atoms with E-state index in [1.165, 1.54) is 18.4 Å². The third-order valence-electron chi connectivity index (χ3n) is 4.80. The number of fused-ring (bicyclic) bond motifs is 1. The zero-order valence-corrected chi connectivity index (χ0v) is 19.0. The largest absolute Gasteiger partial charge is 0.480 e. The maximum atomic E-state index is 13.1. The van der Waals surface area contributed by atoms with Gasteiger partial charge < -0.3 is 20.1 Å². The zero-order valence-electron chi connectivity index (χ0n) is 18.2. The molecular formula is C23H21N5O4S. The molecule has 0 fully saturated rings. The highest BCUT2D eigenvalue weighted by Gasteiger charge is 2.21. The Hall–Kier alpha value is -3.89. The van der Waals surface area contributed by atoms with Crippen LogP contribution in [-0.2, 0) is 11.3 Å². The van der Waals surface area contributed by atoms with Crippen LogP contribution in [0.2, 0.25) is 0 Å². The van der Waals surface area contributed by atoms with Gasteiger partial charge in [-0.05, 0) is 42.8 Å². The van der Waals surface area contributed by atoms with Gasteiger partial charge in [0.25, 0.3) is 11.8 Å². The van der Waals surface area contributed by atoms with E-state index in [2.05, 4.69) is 25.6 Å². The highest BCUT2D eigenvalue weighted by atomic mass is 32.1. The minimum atomic E-state index is -0.288. The fourth-order valence-electron chi connectivity index (χ4n) is 3.27. The molecule has 4 aromatic rings. The summed E-state index contributed by atoms with van der Waals surface area (Å²) in [6.45, 7) is 2.07. The number of aromatic nitrogens is 3. The Kier molecular flexibility index (Phi) is 6.57. The van der Waals surface area contributed by atoms with Crippen molar-refractivity contribution >= 4 is 44.7 Å². The van der Waals surface area contributed by atoms with Crippen LogP contribution < -0.4 is 15.4 Å². The van der Waals surface area contributed by atoms with Crippen molar-refractivity contribution in [3.8, 4) is 5.88 Å². The summed E-state index contributed by atoms with van der Waals surface area (Å²) < 4.78 is 10.5. The first-order valence-corrected chi connectivity index (χ1v) is 10.8. The number of anilines is 2. The molecule has 9 nitrogen and oxygen atoms in total. The number of ether oxygens (including phenoxy) is 2. The summed E-state index contributed by atoms with van der Waals surface area (Å²) in [4.78, 5) is 39.4. The van der Waals surface area contributed by atoms with Crippen molar-refractivity contribution in [2.75, 3.05) is 24.9 Å². The lowest BCUT2D eigenvalue weighted by Gasteiger charge is -2.09. The van der Waals surface area contributed by atoms with Gasteiger partial charge in [-0.25, -0.2) is 4.98 Å². The van der Waals surface area contributed by atoms with E-state index in [-0.39, 0.29) is 18.4 Å². The molecular weight excluding hydrogens is 442 g/mol. The average Bonchev–Trinajstić information content (AvgIpc) is 3.16. The lowest BCUT2D eigenvalue weighted by atomic mass is 10.2. The van der Waals surface area contributed by atoms with Gasteiger partial charge in [0.1, 0.15) is 11.4 Å². The van der Waals surface area contributed by atoms with Crippen LogP contribution >= 0.6 is 11.3 Å². The molecule has 0 aliphatic heterocycles. The van der Waals surface area contributed by atoms with Crippen molar-refractivity contribution in [1.82, 2.24) is 15.0 Å². The molecule has 0 bridgehead atoms. The summed E-state index contributed by atoms with van der Waals surface area (Å²) in [5.74, 6) is 0.329. The van der Waals surface area contributed by atoms with E-state index >= 15 is 0 Å². The van der Waals surface area contributed by atoms with E-state index in [1.807, 2.05) is 6.92 Å². The Balaban J connectivity index is 1.56. The van der Waals surface area contributed by atoms with Gasteiger partial charge in [-0.3, -0.25) is 14.6 Å². The Morgan fingerprint density at radius 3 is 2.36 bits per heavy atom. The minimum Gasteiger partial charge on any atom is -0.480 e. The molecule has 0 aliphatic rings. The number of nitrogens with zero attached hydrogens (tertiary/aromatic N) is 3. The maximum Gasteiger partial charge on any atom is 0.266 e. The van der Waals surface area contributed by atoms with E-state index < -0.39 is 0 Å². The fourth-order valence-corrected chi connectivity index (χ4v) is 4.36. The number of hydrogen-bond acceptors (Lipinski definition) is 8. The Morgan fingerprint density at radius 1 is 1.00 bits per heavy atom. The van der Waals surface area contributed by atoms with E-state index in [0.29, 0.717) is 43.7 Å². The molecule has 3 heterocycles. The van der Waals surface area contributed by atoms with Crippen molar-refractivity contribution in [2.45, 2.75) is 13.5 Å². The molecule has 10 heteroatoms. The molecule has 2 N–H and O–H groups in total. The van der Waals surface area contributed by atoms with Crippen molar-refractivity contribution in [3.05, 3.63) is 70.6 Å². The molecule has 0 atom stereocenters. The van der Waals surface area contributed by atoms with Gasteiger partial charge in [0.15, 0.2) is 5.82 Å². The van der Waals surface area contributed by atoms with E-state index in [9.17, 15) is 9.59 Å². The number of aryl methyl sites for hydroxylation is 1. The van der Waals surface area contributed by atoms with Gasteiger partial charge >= 0.3 is 0 Å². The van der Waals surface area contributed by atoms with Crippen LogP contribution in [0.15, 0.2) is 48.8 Å². The molecule has 0 unspecified atom stereocenters. The van der Waals surface area contributed by atoms with Crippen LogP contribution in [0.5, 0.6) is 5.88 Å². The summed E-state index contributed by atoms with van der Waals surface area (Å²) in [5.41, 5.74) is 2.32. The van der Waals surface area contributed by atoms with Gasteiger partial charge in [0.2, 0.25) is 5.88 Å². The highest BCUT2D eigenvalue weighted by molar-refractivity contribution is 7.20. The van der Waals surface area contributed by atoms with Gasteiger partial charge in [-0.2, -0.15) is 4.98 Å². The van der Waals surface area contributed by atoms with Crippen LogP contribution in [0, 0.1) is 6.92 Å². The third-order valence-corrected chi connectivity index (χ3v) is 5.98.